The first kappa shape index (κ1) is 11.3. The topological polar surface area (TPSA) is 38.8 Å². The number of rotatable bonds is 4. The second-order valence-electron chi connectivity index (χ2n) is 3.48. The lowest BCUT2D eigenvalue weighted by molar-refractivity contribution is -0.0298. The third-order valence-electron chi connectivity index (χ3n) is 2.41. The first-order valence-electron chi connectivity index (χ1n) is 5.25. The van der Waals surface area contributed by atoms with Gasteiger partial charge in [0.2, 0.25) is 0 Å². The normalized spacial score (nSPS) is 21.3. The third-order valence-corrected chi connectivity index (χ3v) is 2.41. The molecule has 0 bridgehead atoms. The van der Waals surface area contributed by atoms with Gasteiger partial charge in [-0.25, -0.2) is 4.79 Å². The van der Waals surface area contributed by atoms with Gasteiger partial charge in [0.15, 0.2) is 0 Å². The number of hydrogen-bond donors (Lipinski definition) is 0. The van der Waals surface area contributed by atoms with E-state index in [2.05, 4.69) is 11.7 Å². The predicted octanol–water partition coefficient (Wildman–Crippen LogP) is 1.99. The van der Waals surface area contributed by atoms with Gasteiger partial charge in [0.25, 0.3) is 0 Å². The van der Waals surface area contributed by atoms with Crippen LogP contribution in [0.3, 0.4) is 0 Å². The van der Waals surface area contributed by atoms with Gasteiger partial charge in [0.1, 0.15) is 6.23 Å². The molecule has 14 heavy (non-hydrogen) atoms. The summed E-state index contributed by atoms with van der Waals surface area (Å²) in [6.45, 7) is 3.61. The summed E-state index contributed by atoms with van der Waals surface area (Å²) < 4.78 is 10.3. The molecule has 1 aliphatic heterocycles. The molecule has 4 heteroatoms. The number of carbonyl (C=O) groups is 1. The van der Waals surface area contributed by atoms with Crippen LogP contribution in [-0.4, -0.2) is 37.5 Å². The van der Waals surface area contributed by atoms with Gasteiger partial charge in [-0.2, -0.15) is 0 Å². The number of unbranched alkanes of at least 4 members (excludes halogenated alkanes) is 1. The molecule has 1 unspecified atom stereocenters. The molecule has 1 amide bonds. The van der Waals surface area contributed by atoms with E-state index in [9.17, 15) is 4.79 Å². The minimum Gasteiger partial charge on any atom is -0.453 e. The summed E-state index contributed by atoms with van der Waals surface area (Å²) in [6, 6.07) is 0. The average Bonchev–Trinajstić information content (AvgIpc) is 2.65. The standard InChI is InChI=1S/C10H19NO3/c1-3-4-8-14-9-6-5-7-11(9)10(12)13-2/h9H,3-8H2,1-2H3. The Hall–Kier alpha value is -0.770. The lowest BCUT2D eigenvalue weighted by Crippen LogP contribution is -2.37. The lowest BCUT2D eigenvalue weighted by atomic mass is 10.3. The van der Waals surface area contributed by atoms with E-state index in [1.54, 1.807) is 4.90 Å². The van der Waals surface area contributed by atoms with E-state index in [-0.39, 0.29) is 12.3 Å². The fraction of sp³-hybridized carbons (Fsp3) is 0.900. The molecule has 1 fully saturated rings. The van der Waals surface area contributed by atoms with Crippen molar-refractivity contribution in [2.75, 3.05) is 20.3 Å². The molecule has 4 nitrogen and oxygen atoms in total. The SMILES string of the molecule is CCCCOC1CCCN1C(=O)OC. The van der Waals surface area contributed by atoms with Gasteiger partial charge in [0.05, 0.1) is 7.11 Å². The number of carbonyl (C=O) groups excluding carboxylic acids is 1. The van der Waals surface area contributed by atoms with E-state index in [0.717, 1.165) is 38.8 Å². The monoisotopic (exact) mass is 201 g/mol. The molecule has 0 aromatic heterocycles. The molecule has 0 N–H and O–H groups in total. The Bertz CT molecular complexity index is 184. The zero-order chi connectivity index (χ0) is 10.4. The highest BCUT2D eigenvalue weighted by atomic mass is 16.6. The highest BCUT2D eigenvalue weighted by molar-refractivity contribution is 5.67. The smallest absolute Gasteiger partial charge is 0.411 e. The Morgan fingerprint density at radius 2 is 2.36 bits per heavy atom. The number of nitrogens with zero attached hydrogens (tertiary/aromatic N) is 1. The summed E-state index contributed by atoms with van der Waals surface area (Å²) in [5.41, 5.74) is 0. The Balaban J connectivity index is 2.31. The maximum atomic E-state index is 11.3. The van der Waals surface area contributed by atoms with E-state index in [1.165, 1.54) is 7.11 Å². The fourth-order valence-electron chi connectivity index (χ4n) is 1.60. The summed E-state index contributed by atoms with van der Waals surface area (Å²) in [7, 11) is 1.41. The average molecular weight is 201 g/mol. The van der Waals surface area contributed by atoms with Gasteiger partial charge in [-0.15, -0.1) is 0 Å². The lowest BCUT2D eigenvalue weighted by Gasteiger charge is -2.23. The van der Waals surface area contributed by atoms with Crippen molar-refractivity contribution in [2.45, 2.75) is 38.8 Å². The molecule has 0 aliphatic carbocycles. The van der Waals surface area contributed by atoms with Crippen molar-refractivity contribution in [3.8, 4) is 0 Å². The molecule has 1 saturated heterocycles. The summed E-state index contributed by atoms with van der Waals surface area (Å²) in [4.78, 5) is 12.9. The number of methoxy groups -OCH3 is 1. The van der Waals surface area contributed by atoms with Gasteiger partial charge in [-0.3, -0.25) is 4.90 Å². The summed E-state index contributed by atoms with van der Waals surface area (Å²) in [6.07, 6.45) is 3.76. The van der Waals surface area contributed by atoms with Crippen LogP contribution in [0.1, 0.15) is 32.6 Å². The van der Waals surface area contributed by atoms with E-state index in [1.807, 2.05) is 0 Å². The number of hydrogen-bond acceptors (Lipinski definition) is 3. The number of likely N-dealkylation sites (tertiary alicyclic amines) is 1. The molecule has 1 atom stereocenters. The molecular formula is C10H19NO3. The minimum absolute atomic E-state index is 0.0611. The van der Waals surface area contributed by atoms with Crippen molar-refractivity contribution in [1.29, 1.82) is 0 Å². The maximum absolute atomic E-state index is 11.3. The first-order chi connectivity index (χ1) is 6.79. The molecule has 1 rings (SSSR count). The van der Waals surface area contributed by atoms with Crippen LogP contribution in [0.4, 0.5) is 4.79 Å². The molecule has 1 heterocycles. The molecule has 0 radical (unpaired) electrons. The van der Waals surface area contributed by atoms with E-state index >= 15 is 0 Å². The van der Waals surface area contributed by atoms with Crippen molar-refractivity contribution >= 4 is 6.09 Å². The number of amides is 1. The fourth-order valence-corrected chi connectivity index (χ4v) is 1.60. The zero-order valence-corrected chi connectivity index (χ0v) is 8.99. The molecule has 0 saturated carbocycles. The van der Waals surface area contributed by atoms with Gasteiger partial charge in [-0.05, 0) is 19.3 Å². The zero-order valence-electron chi connectivity index (χ0n) is 8.99. The molecular weight excluding hydrogens is 182 g/mol. The van der Waals surface area contributed by atoms with Crippen LogP contribution in [-0.2, 0) is 9.47 Å². The minimum atomic E-state index is -0.274. The Labute approximate surface area is 85.2 Å². The predicted molar refractivity (Wildman–Crippen MR) is 53.0 cm³/mol. The van der Waals surface area contributed by atoms with Crippen molar-refractivity contribution in [2.24, 2.45) is 0 Å². The Morgan fingerprint density at radius 1 is 1.57 bits per heavy atom. The maximum Gasteiger partial charge on any atom is 0.411 e. The third kappa shape index (κ3) is 2.87. The molecule has 0 spiro atoms. The van der Waals surface area contributed by atoms with Crippen LogP contribution in [0.2, 0.25) is 0 Å². The van der Waals surface area contributed by atoms with Crippen molar-refractivity contribution in [1.82, 2.24) is 4.90 Å². The second kappa shape index (κ2) is 5.86. The largest absolute Gasteiger partial charge is 0.453 e. The van der Waals surface area contributed by atoms with Gasteiger partial charge in [0, 0.05) is 13.2 Å². The molecule has 0 aromatic carbocycles. The van der Waals surface area contributed by atoms with E-state index in [4.69, 9.17) is 4.74 Å². The summed E-state index contributed by atoms with van der Waals surface area (Å²) in [5, 5.41) is 0. The van der Waals surface area contributed by atoms with Crippen LogP contribution in [0.25, 0.3) is 0 Å². The van der Waals surface area contributed by atoms with Crippen molar-refractivity contribution in [3.05, 3.63) is 0 Å². The molecule has 82 valence electrons. The van der Waals surface area contributed by atoms with Crippen LogP contribution in [0.5, 0.6) is 0 Å². The van der Waals surface area contributed by atoms with E-state index in [0.29, 0.717) is 0 Å². The summed E-state index contributed by atoms with van der Waals surface area (Å²) >= 11 is 0. The highest BCUT2D eigenvalue weighted by Gasteiger charge is 2.29. The molecule has 1 aliphatic rings. The second-order valence-corrected chi connectivity index (χ2v) is 3.48. The van der Waals surface area contributed by atoms with Crippen molar-refractivity contribution < 1.29 is 14.3 Å². The first-order valence-corrected chi connectivity index (χ1v) is 5.25. The van der Waals surface area contributed by atoms with Crippen LogP contribution in [0, 0.1) is 0 Å². The van der Waals surface area contributed by atoms with Crippen LogP contribution >= 0.6 is 0 Å². The Morgan fingerprint density at radius 3 is 3.00 bits per heavy atom. The highest BCUT2D eigenvalue weighted by Crippen LogP contribution is 2.19. The number of ether oxygens (including phenoxy) is 2. The quantitative estimate of drug-likeness (QED) is 0.653. The van der Waals surface area contributed by atoms with Crippen LogP contribution in [0.15, 0.2) is 0 Å². The molecule has 0 aromatic rings. The Kier molecular flexibility index (Phi) is 4.73. The van der Waals surface area contributed by atoms with E-state index < -0.39 is 0 Å². The van der Waals surface area contributed by atoms with Gasteiger partial charge >= 0.3 is 6.09 Å². The van der Waals surface area contributed by atoms with Crippen LogP contribution < -0.4 is 0 Å². The van der Waals surface area contributed by atoms with Gasteiger partial charge < -0.3 is 9.47 Å². The van der Waals surface area contributed by atoms with Crippen molar-refractivity contribution in [3.63, 3.8) is 0 Å². The summed E-state index contributed by atoms with van der Waals surface area (Å²) in [5.74, 6) is 0. The van der Waals surface area contributed by atoms with Gasteiger partial charge in [-0.1, -0.05) is 13.3 Å².